The van der Waals surface area contributed by atoms with Gasteiger partial charge in [-0.2, -0.15) is 0 Å². The smallest absolute Gasteiger partial charge is 0.267 e. The first kappa shape index (κ1) is 13.7. The Hall–Kier alpha value is -2.73. The lowest BCUT2D eigenvalue weighted by Gasteiger charge is -2.05. The van der Waals surface area contributed by atoms with Crippen molar-refractivity contribution in [1.82, 2.24) is 15.0 Å². The van der Waals surface area contributed by atoms with E-state index in [1.165, 1.54) is 16.1 Å². The van der Waals surface area contributed by atoms with Crippen LogP contribution in [0.2, 0.25) is 0 Å². The Balaban J connectivity index is 2.26. The van der Waals surface area contributed by atoms with Crippen LogP contribution in [0.3, 0.4) is 0 Å². The summed E-state index contributed by atoms with van der Waals surface area (Å²) < 4.78 is 1.50. The number of hydroxylamine groups is 1. The van der Waals surface area contributed by atoms with E-state index in [2.05, 4.69) is 4.98 Å². The number of rotatable bonds is 4. The molecule has 0 atom stereocenters. The fraction of sp³-hybridized carbons (Fsp3) is 0.0714. The predicted molar refractivity (Wildman–Crippen MR) is 73.0 cm³/mol. The molecule has 2 N–H and O–H groups in total. The molecule has 20 heavy (non-hydrogen) atoms. The third-order valence-electron chi connectivity index (χ3n) is 2.63. The molecule has 2 rings (SSSR count). The number of aromatic nitrogens is 2. The van der Waals surface area contributed by atoms with Gasteiger partial charge in [0.25, 0.3) is 11.5 Å². The summed E-state index contributed by atoms with van der Waals surface area (Å²) in [5.74, 6) is -0.690. The number of amides is 1. The molecule has 2 aromatic heterocycles. The summed E-state index contributed by atoms with van der Waals surface area (Å²) in [6, 6.07) is 8.79. The molecule has 0 bridgehead atoms. The van der Waals surface area contributed by atoms with Crippen LogP contribution in [-0.2, 0) is 11.3 Å². The van der Waals surface area contributed by atoms with E-state index in [0.717, 1.165) is 11.8 Å². The van der Waals surface area contributed by atoms with Crippen molar-refractivity contribution in [1.29, 1.82) is 0 Å². The van der Waals surface area contributed by atoms with Crippen molar-refractivity contribution in [3.8, 4) is 0 Å². The Kier molecular flexibility index (Phi) is 4.41. The van der Waals surface area contributed by atoms with Crippen molar-refractivity contribution in [2.24, 2.45) is 0 Å². The highest BCUT2D eigenvalue weighted by Gasteiger charge is 2.02. The summed E-state index contributed by atoms with van der Waals surface area (Å²) in [7, 11) is 0. The van der Waals surface area contributed by atoms with Gasteiger partial charge in [0.2, 0.25) is 0 Å². The summed E-state index contributed by atoms with van der Waals surface area (Å²) in [5, 5.41) is 8.39. The van der Waals surface area contributed by atoms with E-state index in [0.29, 0.717) is 12.1 Å². The lowest BCUT2D eigenvalue weighted by Crippen LogP contribution is -2.22. The van der Waals surface area contributed by atoms with Crippen LogP contribution in [0.15, 0.2) is 53.6 Å². The molecule has 0 radical (unpaired) electrons. The number of nitrogens with zero attached hydrogens (tertiary/aromatic N) is 2. The molecule has 6 heteroatoms. The number of carbonyl (C=O) groups excluding carboxylic acids is 1. The van der Waals surface area contributed by atoms with Crippen molar-refractivity contribution in [3.05, 3.63) is 70.4 Å². The molecular weight excluding hydrogens is 258 g/mol. The molecule has 2 aromatic rings. The van der Waals surface area contributed by atoms with Gasteiger partial charge in [0.15, 0.2) is 0 Å². The number of hydrogen-bond acceptors (Lipinski definition) is 4. The standard InChI is InChI=1S/C14H13N3O3/c18-13(16-20)7-6-11-4-3-9-17(14(11)19)10-12-5-1-2-8-15-12/h1-9,20H,10H2,(H,16,18)/b7-6+. The summed E-state index contributed by atoms with van der Waals surface area (Å²) >= 11 is 0. The van der Waals surface area contributed by atoms with Gasteiger partial charge in [0.05, 0.1) is 12.2 Å². The Morgan fingerprint density at radius 1 is 1.35 bits per heavy atom. The Labute approximate surface area is 115 Å². The van der Waals surface area contributed by atoms with E-state index in [-0.39, 0.29) is 5.56 Å². The third-order valence-corrected chi connectivity index (χ3v) is 2.63. The van der Waals surface area contributed by atoms with Crippen molar-refractivity contribution in [2.75, 3.05) is 0 Å². The normalized spacial score (nSPS) is 10.7. The van der Waals surface area contributed by atoms with Gasteiger partial charge in [0.1, 0.15) is 0 Å². The lowest BCUT2D eigenvalue weighted by molar-refractivity contribution is -0.124. The van der Waals surface area contributed by atoms with Gasteiger partial charge in [-0.15, -0.1) is 0 Å². The zero-order chi connectivity index (χ0) is 14.4. The molecule has 0 spiro atoms. The minimum absolute atomic E-state index is 0.236. The number of carbonyl (C=O) groups is 1. The van der Waals surface area contributed by atoms with Crippen LogP contribution in [0.1, 0.15) is 11.3 Å². The number of nitrogens with one attached hydrogen (secondary N) is 1. The first-order valence-electron chi connectivity index (χ1n) is 5.92. The maximum atomic E-state index is 12.2. The van der Waals surface area contributed by atoms with E-state index >= 15 is 0 Å². The van der Waals surface area contributed by atoms with E-state index < -0.39 is 5.91 Å². The maximum absolute atomic E-state index is 12.2. The fourth-order valence-electron chi connectivity index (χ4n) is 1.68. The average Bonchev–Trinajstić information content (AvgIpc) is 2.49. The van der Waals surface area contributed by atoms with Crippen LogP contribution < -0.4 is 11.0 Å². The molecule has 0 aliphatic carbocycles. The van der Waals surface area contributed by atoms with Crippen molar-refractivity contribution in [3.63, 3.8) is 0 Å². The predicted octanol–water partition coefficient (Wildman–Crippen LogP) is 0.810. The maximum Gasteiger partial charge on any atom is 0.267 e. The molecule has 102 valence electrons. The molecular formula is C14H13N3O3. The van der Waals surface area contributed by atoms with Gasteiger partial charge in [-0.25, -0.2) is 5.48 Å². The molecule has 0 aliphatic heterocycles. The molecule has 0 fully saturated rings. The van der Waals surface area contributed by atoms with Gasteiger partial charge in [-0.05, 0) is 30.3 Å². The summed E-state index contributed by atoms with van der Waals surface area (Å²) in [5.41, 5.74) is 2.35. The highest BCUT2D eigenvalue weighted by Crippen LogP contribution is 1.99. The molecule has 2 heterocycles. The second-order valence-electron chi connectivity index (χ2n) is 4.03. The second kappa shape index (κ2) is 6.44. The van der Waals surface area contributed by atoms with Crippen LogP contribution in [0.4, 0.5) is 0 Å². The van der Waals surface area contributed by atoms with E-state index in [4.69, 9.17) is 5.21 Å². The highest BCUT2D eigenvalue weighted by molar-refractivity contribution is 5.90. The van der Waals surface area contributed by atoms with Crippen molar-refractivity contribution < 1.29 is 10.0 Å². The fourth-order valence-corrected chi connectivity index (χ4v) is 1.68. The quantitative estimate of drug-likeness (QED) is 0.489. The second-order valence-corrected chi connectivity index (χ2v) is 4.03. The lowest BCUT2D eigenvalue weighted by atomic mass is 10.2. The van der Waals surface area contributed by atoms with Gasteiger partial charge >= 0.3 is 0 Å². The van der Waals surface area contributed by atoms with Gasteiger partial charge < -0.3 is 4.57 Å². The largest absolute Gasteiger partial charge is 0.309 e. The van der Waals surface area contributed by atoms with Crippen molar-refractivity contribution in [2.45, 2.75) is 6.54 Å². The molecule has 0 aliphatic rings. The minimum atomic E-state index is -0.690. The minimum Gasteiger partial charge on any atom is -0.309 e. The highest BCUT2D eigenvalue weighted by atomic mass is 16.5. The first-order valence-corrected chi connectivity index (χ1v) is 5.92. The topological polar surface area (TPSA) is 84.2 Å². The summed E-state index contributed by atoms with van der Waals surface area (Å²) in [4.78, 5) is 27.2. The average molecular weight is 271 g/mol. The van der Waals surface area contributed by atoms with Crippen LogP contribution in [0.5, 0.6) is 0 Å². The van der Waals surface area contributed by atoms with Gasteiger partial charge in [-0.3, -0.25) is 19.8 Å². The molecule has 0 unspecified atom stereocenters. The Bertz CT molecular complexity index is 678. The molecule has 0 saturated carbocycles. The number of pyridine rings is 2. The SMILES string of the molecule is O=C(/C=C/c1cccn(Cc2ccccn2)c1=O)NO. The van der Waals surface area contributed by atoms with Crippen LogP contribution in [0.25, 0.3) is 6.08 Å². The Morgan fingerprint density at radius 2 is 2.20 bits per heavy atom. The van der Waals surface area contributed by atoms with Crippen LogP contribution >= 0.6 is 0 Å². The van der Waals surface area contributed by atoms with Gasteiger partial charge in [0, 0.05) is 24.0 Å². The van der Waals surface area contributed by atoms with Crippen LogP contribution in [-0.4, -0.2) is 20.7 Å². The van der Waals surface area contributed by atoms with E-state index in [9.17, 15) is 9.59 Å². The molecule has 0 aromatic carbocycles. The van der Waals surface area contributed by atoms with E-state index in [1.807, 2.05) is 12.1 Å². The third kappa shape index (κ3) is 3.39. The first-order chi connectivity index (χ1) is 9.70. The Morgan fingerprint density at radius 3 is 2.90 bits per heavy atom. The molecule has 0 saturated heterocycles. The zero-order valence-electron chi connectivity index (χ0n) is 10.6. The summed E-state index contributed by atoms with van der Waals surface area (Å²) in [6.45, 7) is 0.355. The van der Waals surface area contributed by atoms with Crippen LogP contribution in [0, 0.1) is 0 Å². The molecule has 6 nitrogen and oxygen atoms in total. The summed E-state index contributed by atoms with van der Waals surface area (Å²) in [6.07, 6.45) is 5.75. The number of hydrogen-bond donors (Lipinski definition) is 2. The van der Waals surface area contributed by atoms with Gasteiger partial charge in [-0.1, -0.05) is 6.07 Å². The molecule has 1 amide bonds. The van der Waals surface area contributed by atoms with Crippen molar-refractivity contribution >= 4 is 12.0 Å². The zero-order valence-corrected chi connectivity index (χ0v) is 10.6. The van der Waals surface area contributed by atoms with E-state index in [1.54, 1.807) is 30.6 Å². The monoisotopic (exact) mass is 271 g/mol.